The first kappa shape index (κ1) is 12.1. The van der Waals surface area contributed by atoms with E-state index < -0.39 is 0 Å². The number of hydrogen-bond donors (Lipinski definition) is 1. The molecule has 1 aliphatic rings. The van der Waals surface area contributed by atoms with Crippen molar-refractivity contribution in [3.8, 4) is 0 Å². The van der Waals surface area contributed by atoms with Gasteiger partial charge in [-0.25, -0.2) is 0 Å². The Bertz CT molecular complexity index is 256. The molecule has 0 aliphatic heterocycles. The number of hydrogen-bond acceptors (Lipinski definition) is 2. The summed E-state index contributed by atoms with van der Waals surface area (Å²) in [6, 6.07) is 0.454. The van der Waals surface area contributed by atoms with E-state index in [-0.39, 0.29) is 11.8 Å². The summed E-state index contributed by atoms with van der Waals surface area (Å²) in [6.07, 6.45) is 5.14. The lowest BCUT2D eigenvalue weighted by Crippen LogP contribution is -2.38. The van der Waals surface area contributed by atoms with Gasteiger partial charge in [0.25, 0.3) is 0 Å². The number of rotatable bonds is 5. The number of allylic oxidation sites excluding steroid dienone is 1. The van der Waals surface area contributed by atoms with Crippen LogP contribution in [0.15, 0.2) is 11.9 Å². The number of amides is 1. The van der Waals surface area contributed by atoms with E-state index >= 15 is 0 Å². The van der Waals surface area contributed by atoms with Gasteiger partial charge in [-0.05, 0) is 39.2 Å². The lowest BCUT2D eigenvalue weighted by atomic mass is 10.2. The first-order chi connectivity index (χ1) is 7.10. The van der Waals surface area contributed by atoms with E-state index in [4.69, 9.17) is 0 Å². The van der Waals surface area contributed by atoms with Crippen molar-refractivity contribution in [1.82, 2.24) is 10.2 Å². The SMILES string of the molecule is C/C=C(/NC(=O)C1CC1)N(C)C(C)CC. The second-order valence-corrected chi connectivity index (χ2v) is 4.31. The summed E-state index contributed by atoms with van der Waals surface area (Å²) < 4.78 is 0. The van der Waals surface area contributed by atoms with Crippen molar-refractivity contribution in [2.45, 2.75) is 46.1 Å². The molecule has 1 rings (SSSR count). The normalized spacial score (nSPS) is 18.5. The van der Waals surface area contributed by atoms with Crippen molar-refractivity contribution in [2.75, 3.05) is 7.05 Å². The van der Waals surface area contributed by atoms with E-state index in [0.717, 1.165) is 25.1 Å². The van der Waals surface area contributed by atoms with E-state index in [1.807, 2.05) is 20.0 Å². The summed E-state index contributed by atoms with van der Waals surface area (Å²) in [4.78, 5) is 13.7. The van der Waals surface area contributed by atoms with Gasteiger partial charge in [-0.15, -0.1) is 0 Å². The Hall–Kier alpha value is -0.990. The third kappa shape index (κ3) is 3.26. The molecule has 1 fully saturated rings. The molecule has 0 aromatic rings. The fourth-order valence-electron chi connectivity index (χ4n) is 1.45. The van der Waals surface area contributed by atoms with Gasteiger partial charge >= 0.3 is 0 Å². The molecule has 1 saturated carbocycles. The van der Waals surface area contributed by atoms with Gasteiger partial charge in [0.2, 0.25) is 5.91 Å². The van der Waals surface area contributed by atoms with E-state index in [0.29, 0.717) is 6.04 Å². The minimum Gasteiger partial charge on any atom is -0.359 e. The van der Waals surface area contributed by atoms with Gasteiger partial charge in [0, 0.05) is 19.0 Å². The molecule has 0 heterocycles. The molecule has 0 bridgehead atoms. The van der Waals surface area contributed by atoms with Gasteiger partial charge in [0.05, 0.1) is 0 Å². The Kier molecular flexibility index (Phi) is 4.18. The van der Waals surface area contributed by atoms with Crippen LogP contribution in [0.2, 0.25) is 0 Å². The molecular weight excluding hydrogens is 188 g/mol. The second-order valence-electron chi connectivity index (χ2n) is 4.31. The highest BCUT2D eigenvalue weighted by Gasteiger charge is 2.30. The molecule has 0 spiro atoms. The summed E-state index contributed by atoms with van der Waals surface area (Å²) in [6.45, 7) is 6.27. The van der Waals surface area contributed by atoms with Gasteiger partial charge in [0.15, 0.2) is 0 Å². The van der Waals surface area contributed by atoms with Crippen molar-refractivity contribution in [1.29, 1.82) is 0 Å². The number of carbonyl (C=O) groups is 1. The first-order valence-corrected chi connectivity index (χ1v) is 5.80. The number of nitrogens with zero attached hydrogens (tertiary/aromatic N) is 1. The second kappa shape index (κ2) is 5.19. The van der Waals surface area contributed by atoms with Gasteiger partial charge in [-0.1, -0.05) is 6.92 Å². The Morgan fingerprint density at radius 1 is 1.60 bits per heavy atom. The summed E-state index contributed by atoms with van der Waals surface area (Å²) >= 11 is 0. The smallest absolute Gasteiger partial charge is 0.228 e. The summed E-state index contributed by atoms with van der Waals surface area (Å²) in [5.74, 6) is 1.38. The third-order valence-corrected chi connectivity index (χ3v) is 3.10. The van der Waals surface area contributed by atoms with Crippen molar-refractivity contribution in [3.05, 3.63) is 11.9 Å². The zero-order chi connectivity index (χ0) is 11.4. The number of nitrogens with one attached hydrogen (secondary N) is 1. The van der Waals surface area contributed by atoms with Gasteiger partial charge < -0.3 is 10.2 Å². The average Bonchev–Trinajstić information content (AvgIpc) is 3.06. The zero-order valence-corrected chi connectivity index (χ0v) is 10.2. The maximum absolute atomic E-state index is 11.6. The molecule has 15 heavy (non-hydrogen) atoms. The molecule has 0 radical (unpaired) electrons. The van der Waals surface area contributed by atoms with E-state index in [2.05, 4.69) is 24.1 Å². The molecule has 1 aliphatic carbocycles. The highest BCUT2D eigenvalue weighted by molar-refractivity contribution is 5.82. The van der Waals surface area contributed by atoms with Crippen LogP contribution in [0.5, 0.6) is 0 Å². The van der Waals surface area contributed by atoms with Crippen LogP contribution in [-0.4, -0.2) is 23.9 Å². The van der Waals surface area contributed by atoms with Crippen molar-refractivity contribution >= 4 is 5.91 Å². The van der Waals surface area contributed by atoms with Crippen LogP contribution in [-0.2, 0) is 4.79 Å². The summed E-state index contributed by atoms with van der Waals surface area (Å²) in [7, 11) is 2.02. The molecule has 1 unspecified atom stereocenters. The van der Waals surface area contributed by atoms with Crippen LogP contribution in [0.4, 0.5) is 0 Å². The molecule has 1 N–H and O–H groups in total. The van der Waals surface area contributed by atoms with Crippen molar-refractivity contribution in [3.63, 3.8) is 0 Å². The predicted octanol–water partition coefficient (Wildman–Crippen LogP) is 2.10. The molecule has 1 atom stereocenters. The van der Waals surface area contributed by atoms with Crippen LogP contribution in [0.25, 0.3) is 0 Å². The van der Waals surface area contributed by atoms with Gasteiger partial charge in [-0.3, -0.25) is 4.79 Å². The topological polar surface area (TPSA) is 32.3 Å². The predicted molar refractivity (Wildman–Crippen MR) is 62.1 cm³/mol. The first-order valence-electron chi connectivity index (χ1n) is 5.80. The van der Waals surface area contributed by atoms with Crippen LogP contribution in [0, 0.1) is 5.92 Å². The molecule has 0 saturated heterocycles. The standard InChI is InChI=1S/C12H22N2O/c1-5-9(3)14(4)11(6-2)13-12(15)10-7-8-10/h6,9-10H,5,7-8H2,1-4H3,(H,13,15)/b11-6-. The molecule has 1 amide bonds. The Balaban J connectivity index is 2.51. The van der Waals surface area contributed by atoms with Crippen LogP contribution in [0.3, 0.4) is 0 Å². The third-order valence-electron chi connectivity index (χ3n) is 3.10. The van der Waals surface area contributed by atoms with E-state index in [1.54, 1.807) is 0 Å². The fraction of sp³-hybridized carbons (Fsp3) is 0.750. The highest BCUT2D eigenvalue weighted by Crippen LogP contribution is 2.29. The quantitative estimate of drug-likeness (QED) is 0.753. The highest BCUT2D eigenvalue weighted by atomic mass is 16.2. The van der Waals surface area contributed by atoms with Crippen LogP contribution in [0.1, 0.15) is 40.0 Å². The largest absolute Gasteiger partial charge is 0.359 e. The molecule has 3 nitrogen and oxygen atoms in total. The maximum atomic E-state index is 11.6. The maximum Gasteiger partial charge on any atom is 0.228 e. The van der Waals surface area contributed by atoms with Crippen molar-refractivity contribution < 1.29 is 4.79 Å². The summed E-state index contributed by atoms with van der Waals surface area (Å²) in [5.41, 5.74) is 0. The Morgan fingerprint density at radius 2 is 2.20 bits per heavy atom. The Labute approximate surface area is 92.5 Å². The summed E-state index contributed by atoms with van der Waals surface area (Å²) in [5, 5.41) is 2.99. The van der Waals surface area contributed by atoms with E-state index in [9.17, 15) is 4.79 Å². The molecule has 3 heteroatoms. The van der Waals surface area contributed by atoms with Crippen LogP contribution >= 0.6 is 0 Å². The minimum absolute atomic E-state index is 0.179. The van der Waals surface area contributed by atoms with Gasteiger partial charge in [0.1, 0.15) is 5.82 Å². The average molecular weight is 210 g/mol. The fourth-order valence-corrected chi connectivity index (χ4v) is 1.45. The number of carbonyl (C=O) groups excluding carboxylic acids is 1. The molecule has 86 valence electrons. The minimum atomic E-state index is 0.179. The Morgan fingerprint density at radius 3 is 2.60 bits per heavy atom. The monoisotopic (exact) mass is 210 g/mol. The van der Waals surface area contributed by atoms with Gasteiger partial charge in [-0.2, -0.15) is 0 Å². The van der Waals surface area contributed by atoms with E-state index in [1.165, 1.54) is 0 Å². The van der Waals surface area contributed by atoms with Crippen LogP contribution < -0.4 is 5.32 Å². The zero-order valence-electron chi connectivity index (χ0n) is 10.2. The van der Waals surface area contributed by atoms with Crippen molar-refractivity contribution in [2.24, 2.45) is 5.92 Å². The lowest BCUT2D eigenvalue weighted by molar-refractivity contribution is -0.122. The molecular formula is C12H22N2O. The molecule has 0 aromatic heterocycles. The molecule has 0 aromatic carbocycles. The lowest BCUT2D eigenvalue weighted by Gasteiger charge is -2.28.